The number of aromatic nitrogens is 2. The van der Waals surface area contributed by atoms with E-state index < -0.39 is 0 Å². The van der Waals surface area contributed by atoms with Gasteiger partial charge in [0.15, 0.2) is 0 Å². The number of phenols is 1. The third kappa shape index (κ3) is 2.93. The van der Waals surface area contributed by atoms with Gasteiger partial charge in [-0.1, -0.05) is 42.7 Å². The highest BCUT2D eigenvalue weighted by Crippen LogP contribution is 2.24. The molecule has 0 radical (unpaired) electrons. The summed E-state index contributed by atoms with van der Waals surface area (Å²) in [5.41, 5.74) is 0.940. The van der Waals surface area contributed by atoms with Crippen molar-refractivity contribution in [3.63, 3.8) is 0 Å². The highest BCUT2D eigenvalue weighted by atomic mass is 32.1. The topological polar surface area (TPSA) is 50.4 Å². The Morgan fingerprint density at radius 3 is 2.85 bits per heavy atom. The molecule has 20 heavy (non-hydrogen) atoms. The van der Waals surface area contributed by atoms with Crippen molar-refractivity contribution in [3.05, 3.63) is 29.1 Å². The van der Waals surface area contributed by atoms with Gasteiger partial charge in [0.2, 0.25) is 4.80 Å². The first-order chi connectivity index (χ1) is 9.72. The minimum atomic E-state index is 0.270. The van der Waals surface area contributed by atoms with E-state index in [-0.39, 0.29) is 5.75 Å². The molecule has 4 nitrogen and oxygen atoms in total. The summed E-state index contributed by atoms with van der Waals surface area (Å²) in [5, 5.41) is 15.0. The van der Waals surface area contributed by atoms with Crippen LogP contribution in [-0.4, -0.2) is 20.9 Å². The van der Waals surface area contributed by atoms with Crippen molar-refractivity contribution < 1.29 is 5.11 Å². The molecule has 2 aromatic rings. The highest BCUT2D eigenvalue weighted by molar-refractivity contribution is 7.12. The number of aromatic hydroxyl groups is 1. The molecule has 0 amide bonds. The molecule has 0 saturated heterocycles. The average Bonchev–Trinajstić information content (AvgIpc) is 2.81. The molecule has 1 heterocycles. The molecule has 0 aliphatic heterocycles. The molecular formula is C15H19N3OS. The average molecular weight is 289 g/mol. The fourth-order valence-electron chi connectivity index (χ4n) is 2.58. The lowest BCUT2D eigenvalue weighted by atomic mass is 9.96. The van der Waals surface area contributed by atoms with Gasteiger partial charge in [0.25, 0.3) is 0 Å². The second kappa shape index (κ2) is 5.79. The number of phenolic OH excluding ortho intramolecular Hbond substituents is 1. The summed E-state index contributed by atoms with van der Waals surface area (Å²) in [6.07, 6.45) is 6.31. The predicted molar refractivity (Wildman–Crippen MR) is 80.6 cm³/mol. The molecule has 1 N–H and O–H groups in total. The van der Waals surface area contributed by atoms with Crippen LogP contribution in [0, 0.1) is 0 Å². The van der Waals surface area contributed by atoms with E-state index in [1.807, 2.05) is 23.9 Å². The third-order valence-corrected chi connectivity index (χ3v) is 4.73. The van der Waals surface area contributed by atoms with Crippen molar-refractivity contribution in [2.24, 2.45) is 12.0 Å². The van der Waals surface area contributed by atoms with Crippen LogP contribution in [0.3, 0.4) is 0 Å². The minimum absolute atomic E-state index is 0.270. The summed E-state index contributed by atoms with van der Waals surface area (Å²) >= 11 is 1.59. The lowest BCUT2D eigenvalue weighted by Gasteiger charge is -2.16. The van der Waals surface area contributed by atoms with Gasteiger partial charge in [0.05, 0.1) is 6.04 Å². The SMILES string of the molecule is Cn1nc(-c2cccc(O)c2)s/c1=N/C1CCCCC1. The lowest BCUT2D eigenvalue weighted by Crippen LogP contribution is -2.18. The van der Waals surface area contributed by atoms with E-state index in [0.717, 1.165) is 15.4 Å². The van der Waals surface area contributed by atoms with Crippen LogP contribution in [0.5, 0.6) is 5.75 Å². The minimum Gasteiger partial charge on any atom is -0.508 e. The quantitative estimate of drug-likeness (QED) is 0.923. The van der Waals surface area contributed by atoms with Gasteiger partial charge in [-0.2, -0.15) is 5.10 Å². The first kappa shape index (κ1) is 13.4. The molecule has 106 valence electrons. The maximum Gasteiger partial charge on any atom is 0.203 e. The summed E-state index contributed by atoms with van der Waals surface area (Å²) in [6, 6.07) is 7.66. The Hall–Kier alpha value is -1.62. The van der Waals surface area contributed by atoms with Gasteiger partial charge < -0.3 is 5.11 Å². The van der Waals surface area contributed by atoms with Crippen LogP contribution in [0.2, 0.25) is 0 Å². The largest absolute Gasteiger partial charge is 0.508 e. The first-order valence-electron chi connectivity index (χ1n) is 7.10. The van der Waals surface area contributed by atoms with Gasteiger partial charge in [-0.05, 0) is 25.0 Å². The first-order valence-corrected chi connectivity index (χ1v) is 7.91. The van der Waals surface area contributed by atoms with E-state index in [1.54, 1.807) is 23.5 Å². The zero-order valence-corrected chi connectivity index (χ0v) is 12.4. The molecule has 1 fully saturated rings. The summed E-state index contributed by atoms with van der Waals surface area (Å²) in [6.45, 7) is 0. The number of benzene rings is 1. The van der Waals surface area contributed by atoms with Gasteiger partial charge in [0, 0.05) is 12.6 Å². The monoisotopic (exact) mass is 289 g/mol. The van der Waals surface area contributed by atoms with Crippen molar-refractivity contribution in [2.45, 2.75) is 38.1 Å². The standard InChI is InChI=1S/C15H19N3OS/c1-18-15(16-12-7-3-2-4-8-12)20-14(17-18)11-6-5-9-13(19)10-11/h5-6,9-10,12,19H,2-4,7-8H2,1H3/b16-15+. The van der Waals surface area contributed by atoms with E-state index in [4.69, 9.17) is 4.99 Å². The zero-order chi connectivity index (χ0) is 13.9. The van der Waals surface area contributed by atoms with E-state index in [2.05, 4.69) is 5.10 Å². The van der Waals surface area contributed by atoms with E-state index in [1.165, 1.54) is 32.1 Å². The van der Waals surface area contributed by atoms with Crippen molar-refractivity contribution in [1.29, 1.82) is 0 Å². The maximum absolute atomic E-state index is 9.56. The van der Waals surface area contributed by atoms with Crippen LogP contribution < -0.4 is 4.80 Å². The van der Waals surface area contributed by atoms with E-state index in [0.29, 0.717) is 6.04 Å². The van der Waals surface area contributed by atoms with E-state index >= 15 is 0 Å². The highest BCUT2D eigenvalue weighted by Gasteiger charge is 2.13. The lowest BCUT2D eigenvalue weighted by molar-refractivity contribution is 0.434. The molecule has 0 unspecified atom stereocenters. The Bertz CT molecular complexity index is 653. The van der Waals surface area contributed by atoms with Gasteiger partial charge in [0.1, 0.15) is 10.8 Å². The zero-order valence-electron chi connectivity index (χ0n) is 11.6. The van der Waals surface area contributed by atoms with E-state index in [9.17, 15) is 5.11 Å². The fraction of sp³-hybridized carbons (Fsp3) is 0.467. The predicted octanol–water partition coefficient (Wildman–Crippen LogP) is 3.09. The molecule has 1 saturated carbocycles. The number of aryl methyl sites for hydroxylation is 1. The second-order valence-electron chi connectivity index (χ2n) is 5.28. The van der Waals surface area contributed by atoms with Gasteiger partial charge >= 0.3 is 0 Å². The Morgan fingerprint density at radius 1 is 1.30 bits per heavy atom. The number of hydrogen-bond donors (Lipinski definition) is 1. The number of nitrogens with zero attached hydrogens (tertiary/aromatic N) is 3. The molecule has 0 bridgehead atoms. The van der Waals surface area contributed by atoms with Crippen molar-refractivity contribution in [2.75, 3.05) is 0 Å². The van der Waals surface area contributed by atoms with Crippen LogP contribution >= 0.6 is 11.3 Å². The molecule has 0 atom stereocenters. The Balaban J connectivity index is 1.92. The van der Waals surface area contributed by atoms with Crippen LogP contribution in [0.1, 0.15) is 32.1 Å². The smallest absolute Gasteiger partial charge is 0.203 e. The van der Waals surface area contributed by atoms with Gasteiger partial charge in [-0.15, -0.1) is 0 Å². The summed E-state index contributed by atoms with van der Waals surface area (Å²) in [5.74, 6) is 0.270. The molecule has 1 aliphatic rings. The Morgan fingerprint density at radius 2 is 2.10 bits per heavy atom. The number of rotatable bonds is 2. The Labute approximate surface area is 122 Å². The maximum atomic E-state index is 9.56. The molecule has 1 aromatic carbocycles. The molecule has 0 spiro atoms. The Kier molecular flexibility index (Phi) is 3.87. The normalized spacial score (nSPS) is 17.6. The molecule has 5 heteroatoms. The summed E-state index contributed by atoms with van der Waals surface area (Å²) in [4.78, 5) is 5.81. The van der Waals surface area contributed by atoms with Crippen LogP contribution in [0.4, 0.5) is 0 Å². The van der Waals surface area contributed by atoms with Crippen LogP contribution in [0.15, 0.2) is 29.3 Å². The van der Waals surface area contributed by atoms with Crippen LogP contribution in [-0.2, 0) is 7.05 Å². The summed E-state index contributed by atoms with van der Waals surface area (Å²) in [7, 11) is 1.93. The molecule has 1 aliphatic carbocycles. The van der Waals surface area contributed by atoms with Crippen molar-refractivity contribution in [1.82, 2.24) is 9.78 Å². The van der Waals surface area contributed by atoms with Crippen molar-refractivity contribution >= 4 is 11.3 Å². The van der Waals surface area contributed by atoms with Gasteiger partial charge in [-0.3, -0.25) is 4.99 Å². The molecule has 3 rings (SSSR count). The van der Waals surface area contributed by atoms with Crippen LogP contribution in [0.25, 0.3) is 10.6 Å². The fourth-order valence-corrected chi connectivity index (χ4v) is 3.54. The van der Waals surface area contributed by atoms with Crippen molar-refractivity contribution in [3.8, 4) is 16.3 Å². The third-order valence-electron chi connectivity index (χ3n) is 3.67. The molecule has 1 aromatic heterocycles. The second-order valence-corrected chi connectivity index (χ2v) is 6.24. The molecular weight excluding hydrogens is 270 g/mol. The van der Waals surface area contributed by atoms with Gasteiger partial charge in [-0.25, -0.2) is 4.68 Å². The summed E-state index contributed by atoms with van der Waals surface area (Å²) < 4.78 is 1.85. The number of hydrogen-bond acceptors (Lipinski definition) is 4.